The maximum Gasteiger partial charge on any atom is 0.257 e. The van der Waals surface area contributed by atoms with Gasteiger partial charge in [-0.25, -0.2) is 4.39 Å². The summed E-state index contributed by atoms with van der Waals surface area (Å²) >= 11 is 5.62. The van der Waals surface area contributed by atoms with Gasteiger partial charge in [-0.1, -0.05) is 0 Å². The average Bonchev–Trinajstić information content (AvgIpc) is 3.72. The van der Waals surface area contributed by atoms with Crippen molar-refractivity contribution in [1.29, 1.82) is 0 Å². The summed E-state index contributed by atoms with van der Waals surface area (Å²) < 4.78 is 17.1. The van der Waals surface area contributed by atoms with Crippen molar-refractivity contribution in [2.75, 3.05) is 31.1 Å². The second kappa shape index (κ2) is 10.0. The normalized spacial score (nSPS) is 16.5. The van der Waals surface area contributed by atoms with Gasteiger partial charge in [-0.2, -0.15) is 0 Å². The number of hydrogen-bond acceptors (Lipinski definition) is 8. The summed E-state index contributed by atoms with van der Waals surface area (Å²) in [6.45, 7) is 3.52. The second-order valence-electron chi connectivity index (χ2n) is 9.63. The van der Waals surface area contributed by atoms with Crippen molar-refractivity contribution >= 4 is 33.4 Å². The smallest absolute Gasteiger partial charge is 0.257 e. The van der Waals surface area contributed by atoms with Crippen LogP contribution in [0.15, 0.2) is 23.1 Å². The van der Waals surface area contributed by atoms with Gasteiger partial charge in [-0.05, 0) is 43.5 Å². The van der Waals surface area contributed by atoms with Gasteiger partial charge in [0.15, 0.2) is 0 Å². The third kappa shape index (κ3) is 4.70. The third-order valence-electron chi connectivity index (χ3n) is 7.30. The van der Waals surface area contributed by atoms with E-state index in [0.29, 0.717) is 60.9 Å². The lowest BCUT2D eigenvalue weighted by molar-refractivity contribution is 0.108. The van der Waals surface area contributed by atoms with Crippen LogP contribution in [0, 0.1) is 12.7 Å². The number of fused-ring (bicyclic) bond motifs is 1. The third-order valence-corrected chi connectivity index (χ3v) is 7.50. The SMILES string of the molecule is Cc1nc(CN2CCN(c3cc4c(cc3F)c(=O)c(C(=O)Cl)cn4C3CC3)CC2)c(CO)c(CO)c1O. The molecule has 5 rings (SSSR count). The van der Waals surface area contributed by atoms with Crippen LogP contribution in [0.25, 0.3) is 10.9 Å². The molecular formula is C26H28ClFN4O5. The van der Waals surface area contributed by atoms with Crippen molar-refractivity contribution in [3.63, 3.8) is 0 Å². The summed E-state index contributed by atoms with van der Waals surface area (Å²) in [6, 6.07) is 3.04. The van der Waals surface area contributed by atoms with Crippen molar-refractivity contribution < 1.29 is 24.5 Å². The van der Waals surface area contributed by atoms with Crippen LogP contribution < -0.4 is 10.3 Å². The first-order valence-electron chi connectivity index (χ1n) is 12.2. The van der Waals surface area contributed by atoms with E-state index in [0.717, 1.165) is 12.8 Å². The molecule has 0 unspecified atom stereocenters. The molecule has 0 atom stereocenters. The molecule has 3 aromatic rings. The molecule has 1 aromatic carbocycles. The zero-order valence-corrected chi connectivity index (χ0v) is 21.1. The summed E-state index contributed by atoms with van der Waals surface area (Å²) in [5.74, 6) is -0.648. The predicted molar refractivity (Wildman–Crippen MR) is 137 cm³/mol. The van der Waals surface area contributed by atoms with Crippen LogP contribution in [-0.2, 0) is 19.8 Å². The van der Waals surface area contributed by atoms with Crippen LogP contribution in [0.2, 0.25) is 0 Å². The number of carbonyl (C=O) groups excluding carboxylic acids is 1. The van der Waals surface area contributed by atoms with E-state index in [4.69, 9.17) is 11.6 Å². The Morgan fingerprint density at radius 2 is 1.81 bits per heavy atom. The fraction of sp³-hybridized carbons (Fsp3) is 0.423. The fourth-order valence-electron chi connectivity index (χ4n) is 5.10. The van der Waals surface area contributed by atoms with Crippen molar-refractivity contribution in [1.82, 2.24) is 14.5 Å². The zero-order chi connectivity index (χ0) is 26.4. The minimum atomic E-state index is -0.851. The number of aryl methyl sites for hydroxylation is 1. The van der Waals surface area contributed by atoms with E-state index in [1.165, 1.54) is 12.3 Å². The zero-order valence-electron chi connectivity index (χ0n) is 20.4. The van der Waals surface area contributed by atoms with Gasteiger partial charge in [0.05, 0.1) is 41.4 Å². The minimum absolute atomic E-state index is 0.112. The van der Waals surface area contributed by atoms with Crippen molar-refractivity contribution in [3.8, 4) is 5.75 Å². The molecule has 1 aliphatic carbocycles. The van der Waals surface area contributed by atoms with E-state index in [-0.39, 0.29) is 34.9 Å². The Kier molecular flexibility index (Phi) is 6.93. The molecule has 37 heavy (non-hydrogen) atoms. The van der Waals surface area contributed by atoms with E-state index in [2.05, 4.69) is 9.88 Å². The van der Waals surface area contributed by atoms with Gasteiger partial charge in [0.2, 0.25) is 5.43 Å². The van der Waals surface area contributed by atoms with Crippen molar-refractivity contribution in [3.05, 3.63) is 62.4 Å². The maximum absolute atomic E-state index is 15.3. The monoisotopic (exact) mass is 530 g/mol. The Bertz CT molecular complexity index is 1450. The summed E-state index contributed by atoms with van der Waals surface area (Å²) in [5, 5.41) is 29.0. The quantitative estimate of drug-likeness (QED) is 0.399. The maximum atomic E-state index is 15.3. The van der Waals surface area contributed by atoms with Crippen molar-refractivity contribution in [2.24, 2.45) is 0 Å². The van der Waals surface area contributed by atoms with Gasteiger partial charge in [0.25, 0.3) is 5.24 Å². The summed E-state index contributed by atoms with van der Waals surface area (Å²) in [6.07, 6.45) is 3.32. The predicted octanol–water partition coefficient (Wildman–Crippen LogP) is 2.57. The van der Waals surface area contributed by atoms with Gasteiger partial charge in [0.1, 0.15) is 11.6 Å². The molecule has 2 aliphatic rings. The summed E-state index contributed by atoms with van der Waals surface area (Å²) in [7, 11) is 0. The van der Waals surface area contributed by atoms with Crippen LogP contribution >= 0.6 is 11.6 Å². The number of aromatic nitrogens is 2. The topological polar surface area (TPSA) is 119 Å². The molecule has 0 amide bonds. The Morgan fingerprint density at radius 1 is 1.14 bits per heavy atom. The number of halogens is 2. The van der Waals surface area contributed by atoms with E-state index in [1.807, 2.05) is 9.47 Å². The highest BCUT2D eigenvalue weighted by atomic mass is 35.5. The Labute approximate surface area is 217 Å². The molecule has 0 radical (unpaired) electrons. The van der Waals surface area contributed by atoms with Gasteiger partial charge in [-0.15, -0.1) is 0 Å². The lowest BCUT2D eigenvalue weighted by Crippen LogP contribution is -2.46. The Morgan fingerprint density at radius 3 is 2.41 bits per heavy atom. The number of benzene rings is 1. The number of pyridine rings is 2. The summed E-state index contributed by atoms with van der Waals surface area (Å²) in [5.41, 5.74) is 1.93. The van der Waals surface area contributed by atoms with Gasteiger partial charge in [-0.3, -0.25) is 19.5 Å². The molecule has 1 aliphatic heterocycles. The molecule has 11 heteroatoms. The molecule has 0 bridgehead atoms. The minimum Gasteiger partial charge on any atom is -0.506 e. The Balaban J connectivity index is 1.40. The lowest BCUT2D eigenvalue weighted by Gasteiger charge is -2.36. The van der Waals surface area contributed by atoms with Crippen LogP contribution in [0.1, 0.15) is 51.8 Å². The molecule has 1 saturated carbocycles. The fourth-order valence-corrected chi connectivity index (χ4v) is 5.24. The standard InChI is InChI=1S/C26H28ClFN4O5/c1-14-24(35)19(13-34)18(12-33)21(29-14)11-30-4-6-31(7-5-30)23-9-22-16(8-20(23)28)25(36)17(26(27)37)10-32(22)15-2-3-15/h8-10,15,33-35H,2-7,11-13H2,1H3. The summed E-state index contributed by atoms with van der Waals surface area (Å²) in [4.78, 5) is 33.1. The van der Waals surface area contributed by atoms with Crippen LogP contribution in [0.4, 0.5) is 10.1 Å². The van der Waals surface area contributed by atoms with Gasteiger partial charge < -0.3 is 24.8 Å². The number of anilines is 1. The molecule has 9 nitrogen and oxygen atoms in total. The number of carbonyl (C=O) groups is 1. The number of aliphatic hydroxyl groups excluding tert-OH is 2. The first-order chi connectivity index (χ1) is 17.7. The lowest BCUT2D eigenvalue weighted by atomic mass is 10.0. The highest BCUT2D eigenvalue weighted by Gasteiger charge is 2.29. The molecule has 3 heterocycles. The number of piperazine rings is 1. The van der Waals surface area contributed by atoms with Crippen LogP contribution in [0.3, 0.4) is 0 Å². The molecule has 0 spiro atoms. The number of aromatic hydroxyl groups is 1. The average molecular weight is 531 g/mol. The first kappa shape index (κ1) is 25.6. The van der Waals surface area contributed by atoms with E-state index < -0.39 is 23.1 Å². The number of rotatable bonds is 7. The highest BCUT2D eigenvalue weighted by molar-refractivity contribution is 6.67. The molecular weight excluding hydrogens is 503 g/mol. The number of nitrogens with zero attached hydrogens (tertiary/aromatic N) is 4. The van der Waals surface area contributed by atoms with Gasteiger partial charge >= 0.3 is 0 Å². The first-order valence-corrected chi connectivity index (χ1v) is 12.6. The van der Waals surface area contributed by atoms with Crippen LogP contribution in [-0.4, -0.2) is 61.2 Å². The number of aliphatic hydroxyl groups is 2. The second-order valence-corrected chi connectivity index (χ2v) is 9.98. The van der Waals surface area contributed by atoms with E-state index >= 15 is 4.39 Å². The molecule has 2 aromatic heterocycles. The Hall–Kier alpha value is -3.05. The molecule has 3 N–H and O–H groups in total. The van der Waals surface area contributed by atoms with E-state index in [1.54, 1.807) is 13.0 Å². The molecule has 1 saturated heterocycles. The molecule has 196 valence electrons. The van der Waals surface area contributed by atoms with Crippen molar-refractivity contribution in [2.45, 2.75) is 45.6 Å². The largest absolute Gasteiger partial charge is 0.506 e. The molecule has 2 fully saturated rings. The van der Waals surface area contributed by atoms with Crippen LogP contribution in [0.5, 0.6) is 5.75 Å². The van der Waals surface area contributed by atoms with Gasteiger partial charge in [0, 0.05) is 61.5 Å². The van der Waals surface area contributed by atoms with E-state index in [9.17, 15) is 24.9 Å². The number of hydrogen-bond donors (Lipinski definition) is 3. The highest BCUT2D eigenvalue weighted by Crippen LogP contribution is 2.38.